The molecule has 2 aromatic rings. The first kappa shape index (κ1) is 24.7. The molecule has 0 saturated heterocycles. The SMILES string of the molecule is CC1=C(C(=O)Nc2cccc(C(F)(F)F)c2)C(c2ccsc2)C2=C(CCCC2=O)N1.CCO. The molecule has 33 heavy (non-hydrogen) atoms. The van der Waals surface area contributed by atoms with Gasteiger partial charge in [-0.3, -0.25) is 9.59 Å². The van der Waals surface area contributed by atoms with Gasteiger partial charge in [0.1, 0.15) is 0 Å². The number of carbonyl (C=O) groups excluding carboxylic acids is 2. The molecule has 3 N–H and O–H groups in total. The standard InChI is InChI=1S/C22H19F3N2O2S.C2H6O/c1-12-18(21(29)27-15-5-2-4-14(10-15)22(23,24)25)19(13-8-9-30-11-13)20-16(26-12)6-3-7-17(20)28;1-2-3/h2,4-5,8-11,19,26H,3,6-7H2,1H3,(H,27,29);3H,2H2,1H3. The number of benzene rings is 1. The van der Waals surface area contributed by atoms with Crippen molar-refractivity contribution >= 4 is 28.7 Å². The molecule has 0 fully saturated rings. The van der Waals surface area contributed by atoms with E-state index in [-0.39, 0.29) is 18.1 Å². The summed E-state index contributed by atoms with van der Waals surface area (Å²) in [4.78, 5) is 26.0. The van der Waals surface area contributed by atoms with Crippen LogP contribution in [-0.4, -0.2) is 23.4 Å². The first-order valence-electron chi connectivity index (χ1n) is 10.5. The number of hydrogen-bond acceptors (Lipinski definition) is 5. The molecule has 1 aromatic heterocycles. The zero-order valence-electron chi connectivity index (χ0n) is 18.3. The monoisotopic (exact) mass is 478 g/mol. The molecular weight excluding hydrogens is 453 g/mol. The largest absolute Gasteiger partial charge is 0.416 e. The van der Waals surface area contributed by atoms with Gasteiger partial charge in [0.25, 0.3) is 5.91 Å². The number of ketones is 1. The lowest BCUT2D eigenvalue weighted by atomic mass is 9.75. The summed E-state index contributed by atoms with van der Waals surface area (Å²) in [6, 6.07) is 6.39. The summed E-state index contributed by atoms with van der Waals surface area (Å²) in [5.74, 6) is -1.07. The van der Waals surface area contributed by atoms with Crippen LogP contribution in [-0.2, 0) is 15.8 Å². The molecule has 0 saturated carbocycles. The number of thiophene rings is 1. The molecule has 1 atom stereocenters. The van der Waals surface area contributed by atoms with Crippen molar-refractivity contribution in [3.05, 3.63) is 74.8 Å². The molecule has 0 bridgehead atoms. The number of halogens is 3. The zero-order valence-corrected chi connectivity index (χ0v) is 19.1. The summed E-state index contributed by atoms with van der Waals surface area (Å²) >= 11 is 1.46. The number of hydrogen-bond donors (Lipinski definition) is 3. The third-order valence-electron chi connectivity index (χ3n) is 5.34. The van der Waals surface area contributed by atoms with Gasteiger partial charge in [-0.05, 0) is 67.3 Å². The van der Waals surface area contributed by atoms with Gasteiger partial charge in [-0.1, -0.05) is 6.07 Å². The van der Waals surface area contributed by atoms with Crippen molar-refractivity contribution in [3.63, 3.8) is 0 Å². The van der Waals surface area contributed by atoms with Crippen molar-refractivity contribution in [2.45, 2.75) is 45.2 Å². The second-order valence-electron chi connectivity index (χ2n) is 7.67. The molecule has 5 nitrogen and oxygen atoms in total. The zero-order chi connectivity index (χ0) is 24.2. The van der Waals surface area contributed by atoms with E-state index in [0.717, 1.165) is 36.2 Å². The minimum Gasteiger partial charge on any atom is -0.397 e. The third-order valence-corrected chi connectivity index (χ3v) is 6.05. The Morgan fingerprint density at radius 3 is 2.64 bits per heavy atom. The fraction of sp³-hybridized carbons (Fsp3) is 0.333. The molecule has 1 aromatic carbocycles. The Morgan fingerprint density at radius 1 is 1.27 bits per heavy atom. The van der Waals surface area contributed by atoms with E-state index in [1.807, 2.05) is 16.8 Å². The molecule has 1 unspecified atom stereocenters. The second kappa shape index (κ2) is 10.4. The maximum Gasteiger partial charge on any atom is 0.416 e. The van der Waals surface area contributed by atoms with Crippen molar-refractivity contribution in [1.29, 1.82) is 0 Å². The average Bonchev–Trinajstić information content (AvgIpc) is 3.27. The highest BCUT2D eigenvalue weighted by molar-refractivity contribution is 7.08. The lowest BCUT2D eigenvalue weighted by molar-refractivity contribution is -0.137. The number of allylic oxidation sites excluding steroid dienone is 3. The Morgan fingerprint density at radius 2 is 2.00 bits per heavy atom. The Balaban J connectivity index is 0.000000968. The van der Waals surface area contributed by atoms with E-state index in [1.165, 1.54) is 23.5 Å². The topological polar surface area (TPSA) is 78.4 Å². The van der Waals surface area contributed by atoms with Crippen LogP contribution in [0.5, 0.6) is 0 Å². The van der Waals surface area contributed by atoms with Gasteiger partial charge >= 0.3 is 6.18 Å². The molecule has 0 spiro atoms. The smallest absolute Gasteiger partial charge is 0.397 e. The number of aliphatic hydroxyl groups excluding tert-OH is 1. The number of alkyl halides is 3. The Kier molecular flexibility index (Phi) is 7.76. The maximum absolute atomic E-state index is 13.2. The highest BCUT2D eigenvalue weighted by atomic mass is 32.1. The molecule has 0 radical (unpaired) electrons. The summed E-state index contributed by atoms with van der Waals surface area (Å²) in [6.45, 7) is 3.68. The molecule has 9 heteroatoms. The summed E-state index contributed by atoms with van der Waals surface area (Å²) in [5.41, 5.74) is 2.40. The number of carbonyl (C=O) groups is 2. The normalized spacial score (nSPS) is 18.2. The van der Waals surface area contributed by atoms with E-state index < -0.39 is 23.6 Å². The van der Waals surface area contributed by atoms with Gasteiger partial charge in [-0.25, -0.2) is 0 Å². The minimum absolute atomic E-state index is 0.00295. The lowest BCUT2D eigenvalue weighted by Crippen LogP contribution is -2.35. The minimum atomic E-state index is -4.50. The number of rotatable bonds is 3. The van der Waals surface area contributed by atoms with E-state index in [2.05, 4.69) is 10.6 Å². The van der Waals surface area contributed by atoms with Crippen LogP contribution in [0.2, 0.25) is 0 Å². The average molecular weight is 479 g/mol. The lowest BCUT2D eigenvalue weighted by Gasteiger charge is -2.34. The van der Waals surface area contributed by atoms with E-state index in [0.29, 0.717) is 23.3 Å². The first-order valence-corrected chi connectivity index (χ1v) is 11.5. The van der Waals surface area contributed by atoms with Gasteiger partial charge in [0.15, 0.2) is 5.78 Å². The number of dihydropyridines is 1. The molecule has 1 aliphatic carbocycles. The van der Waals surface area contributed by atoms with E-state index in [9.17, 15) is 22.8 Å². The number of anilines is 1. The van der Waals surface area contributed by atoms with Crippen molar-refractivity contribution in [2.75, 3.05) is 11.9 Å². The Labute approximate surface area is 194 Å². The van der Waals surface area contributed by atoms with Crippen LogP contribution in [0, 0.1) is 0 Å². The van der Waals surface area contributed by atoms with Gasteiger partial charge in [0, 0.05) is 47.2 Å². The summed E-state index contributed by atoms with van der Waals surface area (Å²) in [6.07, 6.45) is -2.61. The quantitative estimate of drug-likeness (QED) is 0.554. The van der Waals surface area contributed by atoms with Crippen LogP contribution in [0.3, 0.4) is 0 Å². The van der Waals surface area contributed by atoms with Crippen LogP contribution >= 0.6 is 11.3 Å². The summed E-state index contributed by atoms with van der Waals surface area (Å²) in [5, 5.41) is 17.1. The van der Waals surface area contributed by atoms with Crippen LogP contribution < -0.4 is 10.6 Å². The van der Waals surface area contributed by atoms with Gasteiger partial charge in [-0.15, -0.1) is 0 Å². The van der Waals surface area contributed by atoms with Gasteiger partial charge < -0.3 is 15.7 Å². The predicted octanol–water partition coefficient (Wildman–Crippen LogP) is 5.37. The third kappa shape index (κ3) is 5.54. The molecule has 2 aliphatic rings. The number of aliphatic hydroxyl groups is 1. The fourth-order valence-electron chi connectivity index (χ4n) is 4.03. The van der Waals surface area contributed by atoms with Crippen LogP contribution in [0.4, 0.5) is 18.9 Å². The number of Topliss-reactive ketones (excluding diaryl/α,β-unsaturated/α-hetero) is 1. The predicted molar refractivity (Wildman–Crippen MR) is 122 cm³/mol. The van der Waals surface area contributed by atoms with Gasteiger partial charge in [0.05, 0.1) is 5.56 Å². The van der Waals surface area contributed by atoms with Crippen molar-refractivity contribution in [1.82, 2.24) is 5.32 Å². The molecule has 2 heterocycles. The second-order valence-corrected chi connectivity index (χ2v) is 8.45. The van der Waals surface area contributed by atoms with Crippen molar-refractivity contribution in [3.8, 4) is 0 Å². The number of amides is 1. The number of nitrogens with one attached hydrogen (secondary N) is 2. The first-order chi connectivity index (χ1) is 15.7. The van der Waals surface area contributed by atoms with Gasteiger partial charge in [-0.2, -0.15) is 24.5 Å². The molecular formula is C24H25F3N2O3S. The van der Waals surface area contributed by atoms with Crippen molar-refractivity contribution < 1.29 is 27.9 Å². The summed E-state index contributed by atoms with van der Waals surface area (Å²) in [7, 11) is 0. The van der Waals surface area contributed by atoms with Crippen LogP contribution in [0.1, 0.15) is 50.2 Å². The van der Waals surface area contributed by atoms with E-state index in [1.54, 1.807) is 13.8 Å². The molecule has 176 valence electrons. The van der Waals surface area contributed by atoms with Crippen LogP contribution in [0.25, 0.3) is 0 Å². The molecule has 4 rings (SSSR count). The van der Waals surface area contributed by atoms with E-state index >= 15 is 0 Å². The summed E-state index contributed by atoms with van der Waals surface area (Å²) < 4.78 is 39.1. The Hall–Kier alpha value is -2.91. The highest BCUT2D eigenvalue weighted by Crippen LogP contribution is 2.43. The van der Waals surface area contributed by atoms with Crippen LogP contribution in [0.15, 0.2) is 63.6 Å². The fourth-order valence-corrected chi connectivity index (χ4v) is 4.71. The molecule has 1 amide bonds. The van der Waals surface area contributed by atoms with Gasteiger partial charge in [0.2, 0.25) is 0 Å². The highest BCUT2D eigenvalue weighted by Gasteiger charge is 2.38. The van der Waals surface area contributed by atoms with E-state index in [4.69, 9.17) is 5.11 Å². The maximum atomic E-state index is 13.2. The van der Waals surface area contributed by atoms with Crippen molar-refractivity contribution in [2.24, 2.45) is 0 Å². The Bertz CT molecular complexity index is 1090. The molecule has 1 aliphatic heterocycles.